The third-order valence-electron chi connectivity index (χ3n) is 4.10. The molecule has 9 heteroatoms. The predicted molar refractivity (Wildman–Crippen MR) is 107 cm³/mol. The number of unbranched alkanes of at least 4 members (excludes halogenated alkanes) is 2. The molecule has 0 amide bonds. The third kappa shape index (κ3) is 8.79. The van der Waals surface area contributed by atoms with Crippen LogP contribution in [0.1, 0.15) is 45.1 Å². The molecule has 0 saturated carbocycles. The van der Waals surface area contributed by atoms with E-state index in [0.29, 0.717) is 26.1 Å². The first-order chi connectivity index (χ1) is 13.9. The van der Waals surface area contributed by atoms with E-state index in [1.807, 2.05) is 30.3 Å². The zero-order valence-electron chi connectivity index (χ0n) is 17.5. The maximum absolute atomic E-state index is 14.9. The lowest BCUT2D eigenvalue weighted by Crippen LogP contribution is -2.37. The normalized spacial score (nSPS) is 13.6. The fourth-order valence-corrected chi connectivity index (χ4v) is 4.36. The lowest BCUT2D eigenvalue weighted by molar-refractivity contribution is -0.151. The quantitative estimate of drug-likeness (QED) is 0.179. The van der Waals surface area contributed by atoms with Crippen LogP contribution in [0.3, 0.4) is 0 Å². The number of methoxy groups -OCH3 is 1. The van der Waals surface area contributed by atoms with Crippen LogP contribution >= 0.6 is 7.60 Å². The molecular weight excluding hydrogens is 405 g/mol. The van der Waals surface area contributed by atoms with Crippen molar-refractivity contribution in [1.82, 2.24) is 0 Å². The summed E-state index contributed by atoms with van der Waals surface area (Å²) in [6.45, 7) is 3.39. The van der Waals surface area contributed by atoms with Gasteiger partial charge in [0.1, 0.15) is 12.9 Å². The Hall–Kier alpha value is -0.890. The highest BCUT2D eigenvalue weighted by Gasteiger charge is 2.59. The number of benzene rings is 1. The number of rotatable bonds is 17. The Balaban J connectivity index is 2.49. The molecule has 0 saturated heterocycles. The Bertz CT molecular complexity index is 578. The van der Waals surface area contributed by atoms with Gasteiger partial charge in [-0.1, -0.05) is 43.2 Å². The van der Waals surface area contributed by atoms with E-state index in [9.17, 15) is 13.3 Å². The Kier molecular flexibility index (Phi) is 12.8. The van der Waals surface area contributed by atoms with Crippen LogP contribution in [0.15, 0.2) is 30.3 Å². The van der Waals surface area contributed by atoms with Gasteiger partial charge < -0.3 is 23.3 Å². The summed E-state index contributed by atoms with van der Waals surface area (Å²) in [6.07, 6.45) is 0.224. The molecule has 0 aliphatic rings. The van der Waals surface area contributed by atoms with Crippen LogP contribution in [0.4, 0.5) is 8.78 Å². The SMILES string of the molecule is CCOP(=O)(OCC)C(F)(F)C(CCCCCOCc1ccccc1)OCOC. The van der Waals surface area contributed by atoms with Crippen LogP contribution in [0.2, 0.25) is 0 Å². The second-order valence-corrected chi connectivity index (χ2v) is 8.48. The fraction of sp³-hybridized carbons (Fsp3) is 0.700. The first-order valence-corrected chi connectivity index (χ1v) is 11.4. The van der Waals surface area contributed by atoms with E-state index >= 15 is 0 Å². The van der Waals surface area contributed by atoms with Gasteiger partial charge in [0.05, 0.1) is 19.8 Å². The zero-order valence-corrected chi connectivity index (χ0v) is 18.4. The average Bonchev–Trinajstić information content (AvgIpc) is 2.70. The molecule has 1 atom stereocenters. The highest BCUT2D eigenvalue weighted by atomic mass is 31.2. The van der Waals surface area contributed by atoms with Crippen molar-refractivity contribution in [2.75, 3.05) is 33.7 Å². The first kappa shape index (κ1) is 26.1. The van der Waals surface area contributed by atoms with Gasteiger partial charge in [-0.2, -0.15) is 8.78 Å². The number of ether oxygens (including phenoxy) is 3. The molecule has 0 aliphatic carbocycles. The smallest absolute Gasteiger partial charge is 0.377 e. The second kappa shape index (κ2) is 14.2. The molecule has 1 aromatic carbocycles. The van der Waals surface area contributed by atoms with Gasteiger partial charge in [0.15, 0.2) is 0 Å². The second-order valence-electron chi connectivity index (χ2n) is 6.37. The van der Waals surface area contributed by atoms with Gasteiger partial charge in [0.2, 0.25) is 0 Å². The van der Waals surface area contributed by atoms with Gasteiger partial charge in [-0.25, -0.2) is 0 Å². The van der Waals surface area contributed by atoms with Crippen LogP contribution in [-0.4, -0.2) is 45.5 Å². The summed E-state index contributed by atoms with van der Waals surface area (Å²) in [6, 6.07) is 9.80. The summed E-state index contributed by atoms with van der Waals surface area (Å²) >= 11 is 0. The largest absolute Gasteiger partial charge is 0.402 e. The van der Waals surface area contributed by atoms with Crippen LogP contribution in [-0.2, 0) is 34.4 Å². The lowest BCUT2D eigenvalue weighted by Gasteiger charge is -2.31. The summed E-state index contributed by atoms with van der Waals surface area (Å²) in [5, 5.41) is 0. The molecule has 0 heterocycles. The standard InChI is InChI=1S/C20H33F2O6P/c1-4-27-29(23,28-5-2)20(21,22)19(26-17-24-3)14-10-7-11-15-25-16-18-12-8-6-9-13-18/h6,8-9,12-13,19H,4-5,7,10-11,14-17H2,1-3H3. The molecule has 0 N–H and O–H groups in total. The molecule has 0 fully saturated rings. The number of hydrogen-bond acceptors (Lipinski definition) is 6. The van der Waals surface area contributed by atoms with Crippen LogP contribution < -0.4 is 0 Å². The summed E-state index contributed by atoms with van der Waals surface area (Å²) in [4.78, 5) is 0. The van der Waals surface area contributed by atoms with Crippen molar-refractivity contribution < 1.29 is 36.6 Å². The van der Waals surface area contributed by atoms with Crippen molar-refractivity contribution in [1.29, 1.82) is 0 Å². The van der Waals surface area contributed by atoms with Gasteiger partial charge in [-0.3, -0.25) is 4.57 Å². The molecule has 0 aromatic heterocycles. The van der Waals surface area contributed by atoms with E-state index in [1.165, 1.54) is 21.0 Å². The fourth-order valence-electron chi connectivity index (χ4n) is 2.71. The maximum atomic E-state index is 14.9. The van der Waals surface area contributed by atoms with E-state index in [-0.39, 0.29) is 26.4 Å². The first-order valence-electron chi connectivity index (χ1n) is 9.90. The maximum Gasteiger partial charge on any atom is 0.402 e. The van der Waals surface area contributed by atoms with E-state index in [1.54, 1.807) is 0 Å². The van der Waals surface area contributed by atoms with Crippen molar-refractivity contribution in [3.63, 3.8) is 0 Å². The van der Waals surface area contributed by atoms with Crippen LogP contribution in [0.25, 0.3) is 0 Å². The van der Waals surface area contributed by atoms with Gasteiger partial charge >= 0.3 is 13.3 Å². The minimum absolute atomic E-state index is 0.000810. The monoisotopic (exact) mass is 438 g/mol. The third-order valence-corrected chi connectivity index (χ3v) is 6.32. The zero-order chi connectivity index (χ0) is 21.6. The van der Waals surface area contributed by atoms with Gasteiger partial charge in [0, 0.05) is 13.7 Å². The summed E-state index contributed by atoms with van der Waals surface area (Å²) in [5.74, 6) is 0. The molecule has 1 unspecified atom stereocenters. The Morgan fingerprint density at radius 3 is 2.28 bits per heavy atom. The molecule has 0 spiro atoms. The molecule has 1 aromatic rings. The van der Waals surface area contributed by atoms with Crippen LogP contribution in [0.5, 0.6) is 0 Å². The Morgan fingerprint density at radius 1 is 1.03 bits per heavy atom. The summed E-state index contributed by atoms with van der Waals surface area (Å²) in [7, 11) is -3.32. The minimum atomic E-state index is -4.66. The summed E-state index contributed by atoms with van der Waals surface area (Å²) < 4.78 is 67.7. The number of hydrogen-bond donors (Lipinski definition) is 0. The molecule has 0 radical (unpaired) electrons. The van der Waals surface area contributed by atoms with Crippen molar-refractivity contribution in [3.8, 4) is 0 Å². The highest BCUT2D eigenvalue weighted by Crippen LogP contribution is 2.64. The molecule has 29 heavy (non-hydrogen) atoms. The van der Waals surface area contributed by atoms with Gasteiger partial charge in [0.25, 0.3) is 0 Å². The van der Waals surface area contributed by atoms with E-state index in [2.05, 4.69) is 0 Å². The van der Waals surface area contributed by atoms with Crippen molar-refractivity contribution in [3.05, 3.63) is 35.9 Å². The number of alkyl halides is 2. The summed E-state index contributed by atoms with van der Waals surface area (Å²) in [5.41, 5.74) is -2.69. The Labute approximate surface area is 172 Å². The van der Waals surface area contributed by atoms with E-state index in [0.717, 1.165) is 12.0 Å². The molecule has 1 rings (SSSR count). The van der Waals surface area contributed by atoms with Crippen molar-refractivity contribution in [2.45, 2.75) is 57.9 Å². The highest BCUT2D eigenvalue weighted by molar-refractivity contribution is 7.55. The molecule has 6 nitrogen and oxygen atoms in total. The predicted octanol–water partition coefficient (Wildman–Crippen LogP) is 5.61. The Morgan fingerprint density at radius 2 is 1.69 bits per heavy atom. The minimum Gasteiger partial charge on any atom is -0.377 e. The van der Waals surface area contributed by atoms with Crippen molar-refractivity contribution >= 4 is 7.60 Å². The molecule has 0 bridgehead atoms. The average molecular weight is 438 g/mol. The number of halogens is 2. The van der Waals surface area contributed by atoms with Crippen molar-refractivity contribution in [2.24, 2.45) is 0 Å². The molecule has 168 valence electrons. The van der Waals surface area contributed by atoms with Gasteiger partial charge in [-0.15, -0.1) is 0 Å². The van der Waals surface area contributed by atoms with E-state index < -0.39 is 19.4 Å². The lowest BCUT2D eigenvalue weighted by atomic mass is 10.1. The molecular formula is C20H33F2O6P. The van der Waals surface area contributed by atoms with Crippen LogP contribution in [0, 0.1) is 0 Å². The van der Waals surface area contributed by atoms with E-state index in [4.69, 9.17) is 23.3 Å². The van der Waals surface area contributed by atoms with Gasteiger partial charge in [-0.05, 0) is 32.3 Å². The molecule has 0 aliphatic heterocycles. The topological polar surface area (TPSA) is 63.2 Å².